The van der Waals surface area contributed by atoms with Crippen molar-refractivity contribution < 1.29 is 4.39 Å². The number of nitrogens with zero attached hydrogens (tertiary/aromatic N) is 6. The topological polar surface area (TPSA) is 111 Å². The van der Waals surface area contributed by atoms with Gasteiger partial charge in [0.1, 0.15) is 11.5 Å². The first-order valence-electron chi connectivity index (χ1n) is 13.7. The Bertz CT molecular complexity index is 1840. The monoisotopic (exact) mass is 549 g/mol. The van der Waals surface area contributed by atoms with Crippen molar-refractivity contribution >= 4 is 27.9 Å². The highest BCUT2D eigenvalue weighted by atomic mass is 19.1. The standard InChI is InChI=1S/C31H32FN9/c1-18(2)36-24-13-21(15-33-17-24)22-14-26-28(39-40-29(26)35-16-22)31-37-27-25(7-8-34-30(27)38-31)20-10-19(11-23(32)12-20)6-5-9-41(3)4/h7-8,10-18,36H,5-6,9H2,1-4H3,(H,34,37,38)(H,35,39,40). The number of aromatic amines is 2. The van der Waals surface area contributed by atoms with Crippen LogP contribution in [0.2, 0.25) is 0 Å². The number of fused-ring (bicyclic) bond motifs is 2. The Morgan fingerprint density at radius 2 is 1.80 bits per heavy atom. The molecule has 3 N–H and O–H groups in total. The van der Waals surface area contributed by atoms with Gasteiger partial charge in [-0.15, -0.1) is 0 Å². The van der Waals surface area contributed by atoms with Crippen molar-refractivity contribution in [2.75, 3.05) is 26.0 Å². The van der Waals surface area contributed by atoms with Gasteiger partial charge in [0.25, 0.3) is 0 Å². The number of benzene rings is 1. The van der Waals surface area contributed by atoms with E-state index in [1.165, 1.54) is 0 Å². The van der Waals surface area contributed by atoms with E-state index in [-0.39, 0.29) is 5.82 Å². The molecule has 1 aromatic carbocycles. The summed E-state index contributed by atoms with van der Waals surface area (Å²) in [5, 5.41) is 11.7. The predicted molar refractivity (Wildman–Crippen MR) is 161 cm³/mol. The molecule has 0 atom stereocenters. The molecular weight excluding hydrogens is 517 g/mol. The molecule has 6 aromatic rings. The Labute approximate surface area is 237 Å². The maximum Gasteiger partial charge on any atom is 0.181 e. The van der Waals surface area contributed by atoms with Crippen LogP contribution in [-0.2, 0) is 6.42 Å². The van der Waals surface area contributed by atoms with Crippen molar-refractivity contribution in [1.29, 1.82) is 0 Å². The van der Waals surface area contributed by atoms with Gasteiger partial charge in [-0.3, -0.25) is 10.1 Å². The van der Waals surface area contributed by atoms with Crippen LogP contribution in [0.25, 0.3) is 56.0 Å². The lowest BCUT2D eigenvalue weighted by molar-refractivity contribution is 0.400. The molecule has 0 aliphatic heterocycles. The molecule has 10 heteroatoms. The molecule has 6 rings (SSSR count). The first kappa shape index (κ1) is 26.5. The average molecular weight is 550 g/mol. The second-order valence-corrected chi connectivity index (χ2v) is 10.9. The second-order valence-electron chi connectivity index (χ2n) is 10.9. The normalized spacial score (nSPS) is 11.8. The van der Waals surface area contributed by atoms with E-state index in [2.05, 4.69) is 60.3 Å². The average Bonchev–Trinajstić information content (AvgIpc) is 3.56. The zero-order valence-corrected chi connectivity index (χ0v) is 23.5. The summed E-state index contributed by atoms with van der Waals surface area (Å²) in [5.41, 5.74) is 7.94. The van der Waals surface area contributed by atoms with Crippen LogP contribution >= 0.6 is 0 Å². The summed E-state index contributed by atoms with van der Waals surface area (Å²) in [6.45, 7) is 5.12. The predicted octanol–water partition coefficient (Wildman–Crippen LogP) is 6.08. The van der Waals surface area contributed by atoms with E-state index in [0.717, 1.165) is 63.8 Å². The number of rotatable bonds is 9. The van der Waals surface area contributed by atoms with Gasteiger partial charge in [0, 0.05) is 47.5 Å². The summed E-state index contributed by atoms with van der Waals surface area (Å²) in [4.78, 5) is 23.8. The van der Waals surface area contributed by atoms with Crippen LogP contribution in [-0.4, -0.2) is 66.7 Å². The first-order valence-corrected chi connectivity index (χ1v) is 13.7. The SMILES string of the molecule is CC(C)Nc1cncc(-c2cnc3n[nH]c(-c4nc5nccc(-c6cc(F)cc(CCCN(C)C)c6)c5[nH]4)c3c2)c1. The Hall–Kier alpha value is -4.70. The van der Waals surface area contributed by atoms with Crippen molar-refractivity contribution in [2.45, 2.75) is 32.7 Å². The molecule has 41 heavy (non-hydrogen) atoms. The van der Waals surface area contributed by atoms with E-state index < -0.39 is 0 Å². The third-order valence-corrected chi connectivity index (χ3v) is 6.90. The molecule has 5 aromatic heterocycles. The fraction of sp³-hybridized carbons (Fsp3) is 0.258. The number of anilines is 1. The van der Waals surface area contributed by atoms with Crippen LogP contribution < -0.4 is 5.32 Å². The van der Waals surface area contributed by atoms with Crippen LogP contribution in [0, 0.1) is 5.82 Å². The largest absolute Gasteiger partial charge is 0.382 e. The Morgan fingerprint density at radius 3 is 2.63 bits per heavy atom. The molecule has 0 unspecified atom stereocenters. The summed E-state index contributed by atoms with van der Waals surface area (Å²) in [6, 6.07) is 11.5. The minimum absolute atomic E-state index is 0.257. The van der Waals surface area contributed by atoms with Crippen LogP contribution in [0.15, 0.2) is 61.2 Å². The molecule has 0 spiro atoms. The van der Waals surface area contributed by atoms with E-state index in [1.54, 1.807) is 24.5 Å². The van der Waals surface area contributed by atoms with Crippen LogP contribution in [0.4, 0.5) is 10.1 Å². The second kappa shape index (κ2) is 11.1. The summed E-state index contributed by atoms with van der Waals surface area (Å²) in [7, 11) is 4.08. The maximum absolute atomic E-state index is 14.7. The van der Waals surface area contributed by atoms with Crippen LogP contribution in [0.3, 0.4) is 0 Å². The molecule has 0 aliphatic carbocycles. The summed E-state index contributed by atoms with van der Waals surface area (Å²) in [5.74, 6) is 0.324. The van der Waals surface area contributed by atoms with Gasteiger partial charge >= 0.3 is 0 Å². The number of imidazole rings is 1. The quantitative estimate of drug-likeness (QED) is 0.200. The van der Waals surface area contributed by atoms with Crippen molar-refractivity contribution in [2.24, 2.45) is 0 Å². The van der Waals surface area contributed by atoms with E-state index in [1.807, 2.05) is 44.7 Å². The fourth-order valence-electron chi connectivity index (χ4n) is 5.07. The van der Waals surface area contributed by atoms with Gasteiger partial charge in [-0.2, -0.15) is 5.10 Å². The third-order valence-electron chi connectivity index (χ3n) is 6.90. The number of aryl methyl sites for hydroxylation is 1. The van der Waals surface area contributed by atoms with Gasteiger partial charge in [0.2, 0.25) is 0 Å². The van der Waals surface area contributed by atoms with Gasteiger partial charge in [-0.1, -0.05) is 6.07 Å². The van der Waals surface area contributed by atoms with E-state index in [0.29, 0.717) is 28.9 Å². The molecule has 208 valence electrons. The molecule has 0 bridgehead atoms. The zero-order valence-electron chi connectivity index (χ0n) is 23.5. The molecule has 0 radical (unpaired) electrons. The summed E-state index contributed by atoms with van der Waals surface area (Å²) >= 11 is 0. The number of pyridine rings is 3. The molecule has 5 heterocycles. The highest BCUT2D eigenvalue weighted by Crippen LogP contribution is 2.33. The zero-order chi connectivity index (χ0) is 28.5. The van der Waals surface area contributed by atoms with Crippen molar-refractivity contribution in [3.8, 4) is 33.8 Å². The number of hydrogen-bond acceptors (Lipinski definition) is 7. The molecule has 0 saturated heterocycles. The van der Waals surface area contributed by atoms with Crippen molar-refractivity contribution in [3.63, 3.8) is 0 Å². The Balaban J connectivity index is 1.37. The smallest absolute Gasteiger partial charge is 0.181 e. The van der Waals surface area contributed by atoms with Crippen molar-refractivity contribution in [3.05, 3.63) is 72.6 Å². The van der Waals surface area contributed by atoms with Gasteiger partial charge < -0.3 is 15.2 Å². The lowest BCUT2D eigenvalue weighted by Crippen LogP contribution is -2.13. The number of H-pyrrole nitrogens is 2. The number of aromatic nitrogens is 7. The highest BCUT2D eigenvalue weighted by Gasteiger charge is 2.17. The first-order chi connectivity index (χ1) is 19.8. The summed E-state index contributed by atoms with van der Waals surface area (Å²) < 4.78 is 14.7. The molecule has 9 nitrogen and oxygen atoms in total. The number of nitrogens with one attached hydrogen (secondary N) is 3. The molecule has 0 saturated carbocycles. The third kappa shape index (κ3) is 5.64. The number of hydrogen-bond donors (Lipinski definition) is 3. The molecule has 0 amide bonds. The summed E-state index contributed by atoms with van der Waals surface area (Å²) in [6.07, 6.45) is 8.87. The lowest BCUT2D eigenvalue weighted by Gasteiger charge is -2.10. The lowest BCUT2D eigenvalue weighted by atomic mass is 10.0. The Kier molecular flexibility index (Phi) is 7.15. The van der Waals surface area contributed by atoms with E-state index in [4.69, 9.17) is 4.98 Å². The van der Waals surface area contributed by atoms with Crippen molar-refractivity contribution in [1.82, 2.24) is 40.0 Å². The van der Waals surface area contributed by atoms with Crippen LogP contribution in [0.1, 0.15) is 25.8 Å². The molecule has 0 fully saturated rings. The van der Waals surface area contributed by atoms with E-state index in [9.17, 15) is 4.39 Å². The van der Waals surface area contributed by atoms with Gasteiger partial charge in [0.15, 0.2) is 17.1 Å². The number of halogens is 1. The van der Waals surface area contributed by atoms with Gasteiger partial charge in [-0.25, -0.2) is 19.3 Å². The van der Waals surface area contributed by atoms with Gasteiger partial charge in [0.05, 0.1) is 16.6 Å². The maximum atomic E-state index is 14.7. The van der Waals surface area contributed by atoms with Gasteiger partial charge in [-0.05, 0) is 88.8 Å². The molecular formula is C31H32FN9. The van der Waals surface area contributed by atoms with Crippen LogP contribution in [0.5, 0.6) is 0 Å². The fourth-order valence-corrected chi connectivity index (χ4v) is 5.07. The van der Waals surface area contributed by atoms with E-state index >= 15 is 0 Å². The Morgan fingerprint density at radius 1 is 0.951 bits per heavy atom. The minimum atomic E-state index is -0.257. The molecule has 0 aliphatic rings. The minimum Gasteiger partial charge on any atom is -0.382 e. The highest BCUT2D eigenvalue weighted by molar-refractivity contribution is 5.96.